The van der Waals surface area contributed by atoms with E-state index in [1.165, 1.54) is 25.7 Å². The van der Waals surface area contributed by atoms with Crippen LogP contribution < -0.4 is 0 Å². The Balaban J connectivity index is 4.10. The van der Waals surface area contributed by atoms with E-state index in [4.69, 9.17) is 4.74 Å². The fourth-order valence-electron chi connectivity index (χ4n) is 2.25. The largest absolute Gasteiger partial charge is 0.467 e. The molecule has 104 valence electrons. The summed E-state index contributed by atoms with van der Waals surface area (Å²) in [5.41, 5.74) is 2.81. The second-order valence-electron chi connectivity index (χ2n) is 5.40. The molecule has 0 saturated carbocycles. The lowest BCUT2D eigenvalue weighted by molar-refractivity contribution is -0.129. The van der Waals surface area contributed by atoms with Gasteiger partial charge in [-0.25, -0.2) is 0 Å². The Bertz CT molecular complexity index is 252. The Morgan fingerprint density at radius 1 is 1.33 bits per heavy atom. The van der Waals surface area contributed by atoms with Crippen LogP contribution in [0.3, 0.4) is 0 Å². The van der Waals surface area contributed by atoms with Crippen LogP contribution in [-0.4, -0.2) is 13.1 Å². The molecule has 0 radical (unpaired) electrons. The van der Waals surface area contributed by atoms with Crippen molar-refractivity contribution in [3.05, 3.63) is 18.4 Å². The Hall–Kier alpha value is -1.01. The van der Waals surface area contributed by atoms with Crippen molar-refractivity contribution >= 4 is 6.47 Å². The van der Waals surface area contributed by atoms with Crippen LogP contribution in [0.4, 0.5) is 0 Å². The van der Waals surface area contributed by atoms with E-state index in [1.807, 2.05) is 6.08 Å². The molecule has 0 spiro atoms. The van der Waals surface area contributed by atoms with Crippen LogP contribution in [0, 0.1) is 17.8 Å². The van der Waals surface area contributed by atoms with Gasteiger partial charge >= 0.3 is 0 Å². The van der Waals surface area contributed by atoms with Crippen molar-refractivity contribution < 1.29 is 9.53 Å². The van der Waals surface area contributed by atoms with Crippen molar-refractivity contribution in [2.45, 2.75) is 52.9 Å². The van der Waals surface area contributed by atoms with Crippen molar-refractivity contribution in [3.8, 4) is 0 Å². The molecule has 0 aromatic rings. The highest BCUT2D eigenvalue weighted by atomic mass is 16.5. The summed E-state index contributed by atoms with van der Waals surface area (Å²) in [7, 11) is 0. The van der Waals surface area contributed by atoms with Crippen LogP contribution in [0.15, 0.2) is 18.4 Å². The molecule has 0 amide bonds. The number of carbonyl (C=O) groups excluding carboxylic acids is 1. The van der Waals surface area contributed by atoms with E-state index in [1.54, 1.807) is 0 Å². The number of rotatable bonds is 11. The number of hydrogen-bond donors (Lipinski definition) is 0. The summed E-state index contributed by atoms with van der Waals surface area (Å²) in [5.74, 6) is 1.75. The van der Waals surface area contributed by atoms with Gasteiger partial charge < -0.3 is 4.74 Å². The third-order valence-corrected chi connectivity index (χ3v) is 3.34. The fourth-order valence-corrected chi connectivity index (χ4v) is 2.25. The van der Waals surface area contributed by atoms with E-state index in [2.05, 4.69) is 33.1 Å². The molecule has 2 unspecified atom stereocenters. The van der Waals surface area contributed by atoms with Crippen LogP contribution in [0.25, 0.3) is 0 Å². The maximum Gasteiger partial charge on any atom is 0.293 e. The Labute approximate surface area is 112 Å². The van der Waals surface area contributed by atoms with Gasteiger partial charge in [0.15, 0.2) is 0 Å². The first kappa shape index (κ1) is 17.0. The lowest BCUT2D eigenvalue weighted by Crippen LogP contribution is -2.12. The van der Waals surface area contributed by atoms with Crippen LogP contribution in [0.5, 0.6) is 0 Å². The first-order chi connectivity index (χ1) is 8.63. The molecule has 0 aliphatic rings. The summed E-state index contributed by atoms with van der Waals surface area (Å²) in [4.78, 5) is 10.2. The lowest BCUT2D eigenvalue weighted by Gasteiger charge is -2.19. The number of ether oxygens (including phenoxy) is 1. The molecule has 0 aliphatic carbocycles. The molecule has 0 aromatic carbocycles. The Morgan fingerprint density at radius 3 is 2.56 bits per heavy atom. The van der Waals surface area contributed by atoms with Crippen LogP contribution in [0.1, 0.15) is 52.9 Å². The second-order valence-corrected chi connectivity index (χ2v) is 5.40. The van der Waals surface area contributed by atoms with Gasteiger partial charge in [0.05, 0.1) is 6.61 Å². The van der Waals surface area contributed by atoms with Crippen LogP contribution >= 0.6 is 0 Å². The van der Waals surface area contributed by atoms with Crippen LogP contribution in [-0.2, 0) is 9.53 Å². The molecule has 0 saturated heterocycles. The first-order valence-corrected chi connectivity index (χ1v) is 7.05. The molecule has 18 heavy (non-hydrogen) atoms. The van der Waals surface area contributed by atoms with Gasteiger partial charge in [-0.05, 0) is 24.3 Å². The van der Waals surface area contributed by atoms with Gasteiger partial charge in [-0.3, -0.25) is 4.79 Å². The van der Waals surface area contributed by atoms with E-state index in [9.17, 15) is 4.79 Å². The zero-order valence-corrected chi connectivity index (χ0v) is 12.2. The molecule has 2 atom stereocenters. The maximum atomic E-state index is 10.2. The highest BCUT2D eigenvalue weighted by Gasteiger charge is 2.14. The summed E-state index contributed by atoms with van der Waals surface area (Å²) in [6, 6.07) is 0. The monoisotopic (exact) mass is 252 g/mol. The summed E-state index contributed by atoms with van der Waals surface area (Å²) >= 11 is 0. The Kier molecular flexibility index (Phi) is 10.5. The minimum absolute atomic E-state index is 0.261. The molecule has 0 N–H and O–H groups in total. The van der Waals surface area contributed by atoms with Crippen molar-refractivity contribution in [2.24, 2.45) is 17.8 Å². The highest BCUT2D eigenvalue weighted by molar-refractivity contribution is 5.36. The maximum absolute atomic E-state index is 10.2. The minimum atomic E-state index is 0.261. The van der Waals surface area contributed by atoms with Crippen molar-refractivity contribution in [2.75, 3.05) is 6.61 Å². The topological polar surface area (TPSA) is 26.3 Å². The Morgan fingerprint density at radius 2 is 2.06 bits per heavy atom. The molecule has 0 bridgehead atoms. The zero-order chi connectivity index (χ0) is 13.8. The fraction of sp³-hybridized carbons (Fsp3) is 0.750. The van der Waals surface area contributed by atoms with E-state index in [-0.39, 0.29) is 5.92 Å². The van der Waals surface area contributed by atoms with Crippen molar-refractivity contribution in [3.63, 3.8) is 0 Å². The molecule has 0 aromatic heterocycles. The molecular weight excluding hydrogens is 224 g/mol. The minimum Gasteiger partial charge on any atom is -0.467 e. The van der Waals surface area contributed by atoms with E-state index in [0.29, 0.717) is 19.0 Å². The van der Waals surface area contributed by atoms with Crippen LogP contribution in [0.2, 0.25) is 0 Å². The molecule has 2 heteroatoms. The van der Waals surface area contributed by atoms with Crippen molar-refractivity contribution in [1.29, 1.82) is 0 Å². The summed E-state index contributed by atoms with van der Waals surface area (Å²) in [6.45, 7) is 11.3. The predicted molar refractivity (Wildman–Crippen MR) is 76.3 cm³/mol. The van der Waals surface area contributed by atoms with Gasteiger partial charge in [0.2, 0.25) is 0 Å². The summed E-state index contributed by atoms with van der Waals surface area (Å²) in [5, 5.41) is 0. The third-order valence-electron chi connectivity index (χ3n) is 3.34. The standard InChI is InChI=1S/C16H28O2/c1-5-8-16(12-18-13-17)11-15(6-2)10-7-9-14(3)4/h8,13-16H,1,6-7,9-12H2,2-4H3. The first-order valence-electron chi connectivity index (χ1n) is 7.05. The van der Waals surface area contributed by atoms with Crippen molar-refractivity contribution in [1.82, 2.24) is 0 Å². The van der Waals surface area contributed by atoms with Gasteiger partial charge in [-0.1, -0.05) is 53.0 Å². The zero-order valence-electron chi connectivity index (χ0n) is 12.2. The third kappa shape index (κ3) is 9.07. The second kappa shape index (κ2) is 11.1. The molecule has 0 rings (SSSR count). The van der Waals surface area contributed by atoms with Gasteiger partial charge in [-0.15, -0.1) is 5.73 Å². The van der Waals surface area contributed by atoms with Gasteiger partial charge in [0.25, 0.3) is 6.47 Å². The van der Waals surface area contributed by atoms with E-state index < -0.39 is 0 Å². The molecule has 0 aliphatic heterocycles. The summed E-state index contributed by atoms with van der Waals surface area (Å²) < 4.78 is 4.86. The average molecular weight is 252 g/mol. The van der Waals surface area contributed by atoms with Gasteiger partial charge in [0, 0.05) is 5.92 Å². The lowest BCUT2D eigenvalue weighted by atomic mass is 9.88. The molecule has 0 fully saturated rings. The van der Waals surface area contributed by atoms with E-state index >= 15 is 0 Å². The highest BCUT2D eigenvalue weighted by Crippen LogP contribution is 2.23. The summed E-state index contributed by atoms with van der Waals surface area (Å²) in [6.07, 6.45) is 8.01. The van der Waals surface area contributed by atoms with Gasteiger partial charge in [0.1, 0.15) is 0 Å². The normalized spacial score (nSPS) is 13.8. The molecule has 2 nitrogen and oxygen atoms in total. The molecule has 0 heterocycles. The number of carbonyl (C=O) groups is 1. The predicted octanol–water partition coefficient (Wildman–Crippen LogP) is 4.36. The average Bonchev–Trinajstić information content (AvgIpc) is 2.34. The SMILES string of the molecule is C=C=CC(COC=O)CC(CC)CCCC(C)C. The smallest absolute Gasteiger partial charge is 0.293 e. The van der Waals surface area contributed by atoms with Gasteiger partial charge in [-0.2, -0.15) is 0 Å². The molecular formula is C16H28O2. The number of hydrogen-bond acceptors (Lipinski definition) is 2. The quantitative estimate of drug-likeness (QED) is 0.403. The van der Waals surface area contributed by atoms with E-state index in [0.717, 1.165) is 12.3 Å².